The predicted octanol–water partition coefficient (Wildman–Crippen LogP) is 3.81. The summed E-state index contributed by atoms with van der Waals surface area (Å²) in [4.78, 5) is 20.6. The van der Waals surface area contributed by atoms with Crippen molar-refractivity contribution in [3.8, 4) is 5.75 Å². The first-order chi connectivity index (χ1) is 15.6. The standard InChI is InChI=1S/C24H28N4O4/c1-31-20-8-2-5-17(13-20)18(15-23(29)30)14-22-27-21(28-32-22)9-3-7-19-11-10-16-6-4-12-25-24(16)26-19/h2,5,8,10-11,13,18H,3-4,6-7,9,12,14-15H2,1H3,(H,25,26)(H,29,30). The highest BCUT2D eigenvalue weighted by atomic mass is 16.5. The van der Waals surface area contributed by atoms with Gasteiger partial charge < -0.3 is 19.7 Å². The first kappa shape index (κ1) is 21.8. The lowest BCUT2D eigenvalue weighted by Crippen LogP contribution is -2.14. The molecule has 3 heterocycles. The van der Waals surface area contributed by atoms with Crippen LogP contribution in [0.15, 0.2) is 40.9 Å². The van der Waals surface area contributed by atoms with Gasteiger partial charge in [-0.25, -0.2) is 4.98 Å². The summed E-state index contributed by atoms with van der Waals surface area (Å²) in [7, 11) is 1.59. The number of aryl methyl sites for hydroxylation is 3. The molecule has 0 aliphatic carbocycles. The van der Waals surface area contributed by atoms with E-state index in [2.05, 4.69) is 27.6 Å². The fourth-order valence-corrected chi connectivity index (χ4v) is 4.04. The summed E-state index contributed by atoms with van der Waals surface area (Å²) >= 11 is 0. The van der Waals surface area contributed by atoms with E-state index in [4.69, 9.17) is 14.2 Å². The highest BCUT2D eigenvalue weighted by Gasteiger charge is 2.20. The van der Waals surface area contributed by atoms with Gasteiger partial charge in [-0.1, -0.05) is 23.4 Å². The number of pyridine rings is 1. The molecule has 3 aromatic rings. The second-order valence-electron chi connectivity index (χ2n) is 8.07. The van der Waals surface area contributed by atoms with Crippen LogP contribution in [-0.2, 0) is 30.5 Å². The minimum atomic E-state index is -0.871. The number of ether oxygens (including phenoxy) is 1. The van der Waals surface area contributed by atoms with Crippen molar-refractivity contribution in [3.63, 3.8) is 0 Å². The van der Waals surface area contributed by atoms with Gasteiger partial charge in [0, 0.05) is 31.0 Å². The molecule has 0 amide bonds. The van der Waals surface area contributed by atoms with Crippen LogP contribution in [0.2, 0.25) is 0 Å². The minimum absolute atomic E-state index is 0.0249. The highest BCUT2D eigenvalue weighted by Crippen LogP contribution is 2.27. The SMILES string of the molecule is COc1cccc(C(CC(=O)O)Cc2nc(CCCc3ccc4c(n3)NCCC4)no2)c1. The number of hydrogen-bond acceptors (Lipinski definition) is 7. The number of carbonyl (C=O) groups is 1. The van der Waals surface area contributed by atoms with E-state index in [0.717, 1.165) is 49.3 Å². The fraction of sp³-hybridized carbons (Fsp3) is 0.417. The number of nitrogens with one attached hydrogen (secondary N) is 1. The zero-order valence-electron chi connectivity index (χ0n) is 18.2. The summed E-state index contributed by atoms with van der Waals surface area (Å²) in [6.07, 6.45) is 4.95. The number of anilines is 1. The van der Waals surface area contributed by atoms with Gasteiger partial charge in [0.05, 0.1) is 13.5 Å². The maximum Gasteiger partial charge on any atom is 0.303 e. The Hall–Kier alpha value is -3.42. The third kappa shape index (κ3) is 5.63. The molecule has 0 saturated carbocycles. The van der Waals surface area contributed by atoms with E-state index in [1.807, 2.05) is 24.3 Å². The van der Waals surface area contributed by atoms with E-state index in [-0.39, 0.29) is 12.3 Å². The van der Waals surface area contributed by atoms with Gasteiger partial charge in [-0.15, -0.1) is 0 Å². The molecule has 2 aromatic heterocycles. The third-order valence-electron chi connectivity index (χ3n) is 5.70. The molecule has 0 saturated heterocycles. The number of aromatic nitrogens is 3. The molecular weight excluding hydrogens is 408 g/mol. The number of nitrogens with zero attached hydrogens (tertiary/aromatic N) is 3. The van der Waals surface area contributed by atoms with Crippen molar-refractivity contribution in [1.29, 1.82) is 0 Å². The van der Waals surface area contributed by atoms with Crippen molar-refractivity contribution in [2.75, 3.05) is 19.0 Å². The van der Waals surface area contributed by atoms with Gasteiger partial charge in [-0.05, 0) is 55.0 Å². The Morgan fingerprint density at radius 2 is 2.16 bits per heavy atom. The number of rotatable bonds is 10. The molecule has 8 heteroatoms. The Labute approximate surface area is 187 Å². The van der Waals surface area contributed by atoms with Crippen molar-refractivity contribution in [3.05, 3.63) is 64.9 Å². The molecule has 168 valence electrons. The average Bonchev–Trinajstić information content (AvgIpc) is 3.25. The van der Waals surface area contributed by atoms with Crippen LogP contribution in [0.3, 0.4) is 0 Å². The lowest BCUT2D eigenvalue weighted by molar-refractivity contribution is -0.137. The number of carboxylic acid groups (broad SMARTS) is 1. The van der Waals surface area contributed by atoms with E-state index in [1.165, 1.54) is 5.56 Å². The van der Waals surface area contributed by atoms with Crippen LogP contribution in [0.4, 0.5) is 5.82 Å². The molecule has 0 fully saturated rings. The summed E-state index contributed by atoms with van der Waals surface area (Å²) in [6, 6.07) is 11.7. The summed E-state index contributed by atoms with van der Waals surface area (Å²) in [5.74, 6) is 1.64. The van der Waals surface area contributed by atoms with Crippen LogP contribution >= 0.6 is 0 Å². The zero-order chi connectivity index (χ0) is 22.3. The van der Waals surface area contributed by atoms with E-state index in [9.17, 15) is 9.90 Å². The summed E-state index contributed by atoms with van der Waals surface area (Å²) in [5, 5.41) is 16.8. The first-order valence-corrected chi connectivity index (χ1v) is 11.0. The predicted molar refractivity (Wildman–Crippen MR) is 119 cm³/mol. The van der Waals surface area contributed by atoms with Crippen molar-refractivity contribution < 1.29 is 19.2 Å². The van der Waals surface area contributed by atoms with E-state index >= 15 is 0 Å². The summed E-state index contributed by atoms with van der Waals surface area (Å²) in [6.45, 7) is 0.980. The van der Waals surface area contributed by atoms with Crippen LogP contribution in [0.1, 0.15) is 53.7 Å². The smallest absolute Gasteiger partial charge is 0.303 e. The van der Waals surface area contributed by atoms with Crippen molar-refractivity contribution in [2.24, 2.45) is 0 Å². The molecule has 32 heavy (non-hydrogen) atoms. The van der Waals surface area contributed by atoms with Crippen molar-refractivity contribution >= 4 is 11.8 Å². The number of fused-ring (bicyclic) bond motifs is 1. The van der Waals surface area contributed by atoms with Crippen molar-refractivity contribution in [2.45, 2.75) is 50.9 Å². The van der Waals surface area contributed by atoms with Crippen molar-refractivity contribution in [1.82, 2.24) is 15.1 Å². The normalized spacial score (nSPS) is 13.8. The van der Waals surface area contributed by atoms with Crippen LogP contribution in [-0.4, -0.2) is 39.9 Å². The van der Waals surface area contributed by atoms with Gasteiger partial charge in [0.25, 0.3) is 0 Å². The molecule has 4 rings (SSSR count). The lowest BCUT2D eigenvalue weighted by Gasteiger charge is -2.17. The summed E-state index contributed by atoms with van der Waals surface area (Å²) < 4.78 is 10.7. The molecular formula is C24H28N4O4. The molecule has 1 atom stereocenters. The average molecular weight is 437 g/mol. The van der Waals surface area contributed by atoms with Crippen LogP contribution in [0, 0.1) is 0 Å². The van der Waals surface area contributed by atoms with Crippen LogP contribution in [0.25, 0.3) is 0 Å². The summed E-state index contributed by atoms with van der Waals surface area (Å²) in [5.41, 5.74) is 3.22. The molecule has 0 radical (unpaired) electrons. The molecule has 1 unspecified atom stereocenters. The third-order valence-corrected chi connectivity index (χ3v) is 5.70. The Morgan fingerprint density at radius 1 is 1.25 bits per heavy atom. The van der Waals surface area contributed by atoms with Gasteiger partial charge in [-0.3, -0.25) is 4.79 Å². The molecule has 1 aliphatic heterocycles. The van der Waals surface area contributed by atoms with E-state index in [0.29, 0.717) is 30.3 Å². The number of benzene rings is 1. The molecule has 0 bridgehead atoms. The Balaban J connectivity index is 1.35. The molecule has 8 nitrogen and oxygen atoms in total. The molecule has 1 aromatic carbocycles. The number of methoxy groups -OCH3 is 1. The van der Waals surface area contributed by atoms with E-state index < -0.39 is 5.97 Å². The second kappa shape index (κ2) is 10.3. The van der Waals surface area contributed by atoms with Crippen LogP contribution < -0.4 is 10.1 Å². The monoisotopic (exact) mass is 436 g/mol. The largest absolute Gasteiger partial charge is 0.497 e. The second-order valence-corrected chi connectivity index (χ2v) is 8.07. The maximum atomic E-state index is 11.4. The van der Waals surface area contributed by atoms with E-state index in [1.54, 1.807) is 7.11 Å². The quantitative estimate of drug-likeness (QED) is 0.494. The Morgan fingerprint density at radius 3 is 3.00 bits per heavy atom. The molecule has 1 aliphatic rings. The Bertz CT molecular complexity index is 1070. The molecule has 2 N–H and O–H groups in total. The zero-order valence-corrected chi connectivity index (χ0v) is 18.2. The highest BCUT2D eigenvalue weighted by molar-refractivity contribution is 5.68. The lowest BCUT2D eigenvalue weighted by atomic mass is 9.92. The first-order valence-electron chi connectivity index (χ1n) is 11.0. The van der Waals surface area contributed by atoms with Gasteiger partial charge >= 0.3 is 5.97 Å². The molecule has 0 spiro atoms. The van der Waals surface area contributed by atoms with Gasteiger partial charge in [0.15, 0.2) is 5.82 Å². The van der Waals surface area contributed by atoms with Gasteiger partial charge in [0.2, 0.25) is 5.89 Å². The van der Waals surface area contributed by atoms with Gasteiger partial charge in [-0.2, -0.15) is 4.98 Å². The fourth-order valence-electron chi connectivity index (χ4n) is 4.04. The minimum Gasteiger partial charge on any atom is -0.497 e. The van der Waals surface area contributed by atoms with Crippen LogP contribution in [0.5, 0.6) is 5.75 Å². The Kier molecular flexibility index (Phi) is 6.99. The topological polar surface area (TPSA) is 110 Å². The van der Waals surface area contributed by atoms with Gasteiger partial charge in [0.1, 0.15) is 11.6 Å². The number of carboxylic acids is 1. The maximum absolute atomic E-state index is 11.4. The number of hydrogen-bond donors (Lipinski definition) is 2. The number of aliphatic carboxylic acids is 1.